The zero-order valence-corrected chi connectivity index (χ0v) is 12.5. The standard InChI is InChI=1S/C15H22ClNO3/c1-11-4-2-6-14(16)15(11)17-8-12(18)9-19-10-13-5-3-7-20-13/h2,4,6,12-13,17-18H,3,5,7-10H2,1H3. The lowest BCUT2D eigenvalue weighted by Crippen LogP contribution is -2.27. The van der Waals surface area contributed by atoms with Gasteiger partial charge >= 0.3 is 0 Å². The van der Waals surface area contributed by atoms with Crippen LogP contribution in [0.4, 0.5) is 5.69 Å². The second-order valence-corrected chi connectivity index (χ2v) is 5.55. The SMILES string of the molecule is Cc1cccc(Cl)c1NCC(O)COCC1CCCO1. The number of para-hydroxylation sites is 1. The highest BCUT2D eigenvalue weighted by Crippen LogP contribution is 2.25. The Morgan fingerprint density at radius 2 is 2.40 bits per heavy atom. The van der Waals surface area contributed by atoms with Gasteiger partial charge < -0.3 is 19.9 Å². The van der Waals surface area contributed by atoms with Crippen molar-refractivity contribution in [2.45, 2.75) is 32.0 Å². The highest BCUT2D eigenvalue weighted by atomic mass is 35.5. The quantitative estimate of drug-likeness (QED) is 0.812. The normalized spacial score (nSPS) is 20.1. The van der Waals surface area contributed by atoms with E-state index in [0.29, 0.717) is 24.8 Å². The Hall–Kier alpha value is -0.810. The van der Waals surface area contributed by atoms with Gasteiger partial charge in [0.25, 0.3) is 0 Å². The van der Waals surface area contributed by atoms with E-state index in [2.05, 4.69) is 5.32 Å². The maximum atomic E-state index is 9.89. The van der Waals surface area contributed by atoms with Crippen LogP contribution in [0.5, 0.6) is 0 Å². The molecule has 1 aliphatic heterocycles. The van der Waals surface area contributed by atoms with E-state index in [0.717, 1.165) is 30.7 Å². The summed E-state index contributed by atoms with van der Waals surface area (Å²) in [6, 6.07) is 5.72. The van der Waals surface area contributed by atoms with E-state index in [1.54, 1.807) is 0 Å². The predicted octanol–water partition coefficient (Wildman–Crippen LogP) is 2.62. The van der Waals surface area contributed by atoms with Crippen molar-refractivity contribution in [2.24, 2.45) is 0 Å². The van der Waals surface area contributed by atoms with Crippen molar-refractivity contribution < 1.29 is 14.6 Å². The second-order valence-electron chi connectivity index (χ2n) is 5.14. The summed E-state index contributed by atoms with van der Waals surface area (Å²) in [5.74, 6) is 0. The minimum absolute atomic E-state index is 0.195. The minimum Gasteiger partial charge on any atom is -0.389 e. The largest absolute Gasteiger partial charge is 0.389 e. The van der Waals surface area contributed by atoms with Gasteiger partial charge in [-0.15, -0.1) is 0 Å². The van der Waals surface area contributed by atoms with Crippen LogP contribution in [0.25, 0.3) is 0 Å². The minimum atomic E-state index is -0.563. The average Bonchev–Trinajstić information content (AvgIpc) is 2.91. The van der Waals surface area contributed by atoms with Crippen LogP contribution in [-0.2, 0) is 9.47 Å². The van der Waals surface area contributed by atoms with Crippen LogP contribution in [0.3, 0.4) is 0 Å². The van der Waals surface area contributed by atoms with Gasteiger partial charge in [0, 0.05) is 13.2 Å². The fourth-order valence-corrected chi connectivity index (χ4v) is 2.53. The average molecular weight is 300 g/mol. The van der Waals surface area contributed by atoms with Crippen LogP contribution < -0.4 is 5.32 Å². The van der Waals surface area contributed by atoms with E-state index >= 15 is 0 Å². The molecule has 0 spiro atoms. The monoisotopic (exact) mass is 299 g/mol. The Morgan fingerprint density at radius 3 is 3.10 bits per heavy atom. The van der Waals surface area contributed by atoms with Crippen LogP contribution in [-0.4, -0.2) is 43.7 Å². The van der Waals surface area contributed by atoms with Crippen LogP contribution >= 0.6 is 11.6 Å². The molecule has 2 N–H and O–H groups in total. The third-order valence-electron chi connectivity index (χ3n) is 3.37. The molecule has 0 amide bonds. The molecular weight excluding hydrogens is 278 g/mol. The van der Waals surface area contributed by atoms with Crippen molar-refractivity contribution in [3.63, 3.8) is 0 Å². The van der Waals surface area contributed by atoms with Crippen molar-refractivity contribution >= 4 is 17.3 Å². The van der Waals surface area contributed by atoms with Crippen molar-refractivity contribution in [3.8, 4) is 0 Å². The second kappa shape index (κ2) is 7.84. The summed E-state index contributed by atoms with van der Waals surface area (Å²) in [7, 11) is 0. The van der Waals surface area contributed by atoms with Crippen LogP contribution in [0.15, 0.2) is 18.2 Å². The summed E-state index contributed by atoms with van der Waals surface area (Å²) < 4.78 is 10.9. The summed E-state index contributed by atoms with van der Waals surface area (Å²) in [5, 5.41) is 13.7. The first-order chi connectivity index (χ1) is 9.66. The van der Waals surface area contributed by atoms with Crippen molar-refractivity contribution in [1.29, 1.82) is 0 Å². The van der Waals surface area contributed by atoms with Crippen LogP contribution in [0, 0.1) is 6.92 Å². The molecular formula is C15H22ClNO3. The lowest BCUT2D eigenvalue weighted by Gasteiger charge is -2.16. The Kier molecular flexibility index (Phi) is 6.10. The summed E-state index contributed by atoms with van der Waals surface area (Å²) in [6.07, 6.45) is 1.78. The zero-order valence-electron chi connectivity index (χ0n) is 11.8. The number of anilines is 1. The molecule has 112 valence electrons. The third-order valence-corrected chi connectivity index (χ3v) is 3.69. The molecule has 1 fully saturated rings. The van der Waals surface area contributed by atoms with Crippen molar-refractivity contribution in [2.75, 3.05) is 31.7 Å². The summed E-state index contributed by atoms with van der Waals surface area (Å²) in [4.78, 5) is 0. The summed E-state index contributed by atoms with van der Waals surface area (Å²) >= 11 is 6.11. The number of aliphatic hydroxyl groups excluding tert-OH is 1. The molecule has 0 bridgehead atoms. The number of aliphatic hydroxyl groups is 1. The van der Waals surface area contributed by atoms with Gasteiger partial charge in [-0.3, -0.25) is 0 Å². The fraction of sp³-hybridized carbons (Fsp3) is 0.600. The van der Waals surface area contributed by atoms with E-state index in [1.807, 2.05) is 25.1 Å². The van der Waals surface area contributed by atoms with E-state index in [9.17, 15) is 5.11 Å². The molecule has 1 saturated heterocycles. The van der Waals surface area contributed by atoms with Gasteiger partial charge in [-0.2, -0.15) is 0 Å². The molecule has 5 heteroatoms. The van der Waals surface area contributed by atoms with Gasteiger partial charge in [-0.1, -0.05) is 23.7 Å². The number of ether oxygens (including phenoxy) is 2. The first kappa shape index (κ1) is 15.6. The molecule has 2 atom stereocenters. The van der Waals surface area contributed by atoms with Crippen LogP contribution in [0.2, 0.25) is 5.02 Å². The Morgan fingerprint density at radius 1 is 1.55 bits per heavy atom. The van der Waals surface area contributed by atoms with Gasteiger partial charge in [-0.25, -0.2) is 0 Å². The van der Waals surface area contributed by atoms with E-state index < -0.39 is 6.10 Å². The lowest BCUT2D eigenvalue weighted by molar-refractivity contribution is -0.0137. The number of rotatable bonds is 7. The molecule has 1 aromatic carbocycles. The molecule has 0 saturated carbocycles. The van der Waals surface area contributed by atoms with Gasteiger partial charge in [0.2, 0.25) is 0 Å². The number of halogens is 1. The summed E-state index contributed by atoms with van der Waals surface area (Å²) in [6.45, 7) is 4.08. The van der Waals surface area contributed by atoms with E-state index in [4.69, 9.17) is 21.1 Å². The van der Waals surface area contributed by atoms with Gasteiger partial charge in [0.05, 0.1) is 36.1 Å². The molecule has 2 rings (SSSR count). The number of nitrogens with one attached hydrogen (secondary N) is 1. The molecule has 0 aliphatic carbocycles. The topological polar surface area (TPSA) is 50.7 Å². The van der Waals surface area contributed by atoms with E-state index in [-0.39, 0.29) is 6.10 Å². The van der Waals surface area contributed by atoms with Crippen LogP contribution in [0.1, 0.15) is 18.4 Å². The lowest BCUT2D eigenvalue weighted by atomic mass is 10.2. The highest BCUT2D eigenvalue weighted by molar-refractivity contribution is 6.33. The fourth-order valence-electron chi connectivity index (χ4n) is 2.25. The number of hydrogen-bond acceptors (Lipinski definition) is 4. The molecule has 0 aromatic heterocycles. The number of aryl methyl sites for hydroxylation is 1. The Labute approximate surface area is 125 Å². The number of benzene rings is 1. The molecule has 0 radical (unpaired) electrons. The Bertz CT molecular complexity index is 401. The first-order valence-corrected chi connectivity index (χ1v) is 7.41. The molecule has 1 heterocycles. The van der Waals surface area contributed by atoms with Crippen molar-refractivity contribution in [3.05, 3.63) is 28.8 Å². The Balaban J connectivity index is 1.68. The number of hydrogen-bond donors (Lipinski definition) is 2. The van der Waals surface area contributed by atoms with E-state index in [1.165, 1.54) is 0 Å². The third kappa shape index (κ3) is 4.63. The zero-order chi connectivity index (χ0) is 14.4. The summed E-state index contributed by atoms with van der Waals surface area (Å²) in [5.41, 5.74) is 1.93. The maximum Gasteiger partial charge on any atom is 0.0945 e. The highest BCUT2D eigenvalue weighted by Gasteiger charge is 2.16. The first-order valence-electron chi connectivity index (χ1n) is 7.03. The molecule has 2 unspecified atom stereocenters. The van der Waals surface area contributed by atoms with Crippen molar-refractivity contribution in [1.82, 2.24) is 0 Å². The maximum absolute atomic E-state index is 9.89. The molecule has 1 aromatic rings. The predicted molar refractivity (Wildman–Crippen MR) is 80.5 cm³/mol. The van der Waals surface area contributed by atoms with Gasteiger partial charge in [0.1, 0.15) is 0 Å². The smallest absolute Gasteiger partial charge is 0.0945 e. The van der Waals surface area contributed by atoms with Gasteiger partial charge in [-0.05, 0) is 31.4 Å². The van der Waals surface area contributed by atoms with Gasteiger partial charge in [0.15, 0.2) is 0 Å². The molecule has 4 nitrogen and oxygen atoms in total. The molecule has 1 aliphatic rings. The molecule has 20 heavy (non-hydrogen) atoms.